The maximum atomic E-state index is 5.28. The second-order valence-corrected chi connectivity index (χ2v) is 3.45. The Labute approximate surface area is 87.8 Å². The van der Waals surface area contributed by atoms with E-state index in [0.29, 0.717) is 19.8 Å². The first-order valence-electron chi connectivity index (χ1n) is 4.71. The highest BCUT2D eigenvalue weighted by atomic mass is 32.1. The molecule has 1 rings (SSSR count). The summed E-state index contributed by atoms with van der Waals surface area (Å²) in [6, 6.07) is 0. The van der Waals surface area contributed by atoms with Gasteiger partial charge in [0.2, 0.25) is 5.13 Å². The molecule has 1 heterocycles. The van der Waals surface area contributed by atoms with Crippen LogP contribution in [0.5, 0.6) is 0 Å². The van der Waals surface area contributed by atoms with E-state index in [-0.39, 0.29) is 0 Å². The van der Waals surface area contributed by atoms with Crippen molar-refractivity contribution in [3.05, 3.63) is 5.82 Å². The predicted molar refractivity (Wildman–Crippen MR) is 57.7 cm³/mol. The van der Waals surface area contributed by atoms with Crippen LogP contribution in [0.3, 0.4) is 0 Å². The van der Waals surface area contributed by atoms with Gasteiger partial charge in [-0.1, -0.05) is 6.92 Å². The largest absolute Gasteiger partial charge is 0.378 e. The summed E-state index contributed by atoms with van der Waals surface area (Å²) >= 11 is 1.39. The number of nitrogens with one attached hydrogen (secondary N) is 1. The number of rotatable bonds is 7. The van der Waals surface area contributed by atoms with Gasteiger partial charge in [-0.05, 0) is 0 Å². The van der Waals surface area contributed by atoms with E-state index in [9.17, 15) is 0 Å². The van der Waals surface area contributed by atoms with E-state index >= 15 is 0 Å². The van der Waals surface area contributed by atoms with Crippen LogP contribution in [-0.4, -0.2) is 35.7 Å². The van der Waals surface area contributed by atoms with Crippen LogP contribution < -0.4 is 11.1 Å². The third-order valence-corrected chi connectivity index (χ3v) is 2.28. The normalized spacial score (nSPS) is 10.4. The number of anilines is 1. The summed E-state index contributed by atoms with van der Waals surface area (Å²) in [6.07, 6.45) is 0.877. The predicted octanol–water partition coefficient (Wildman–Crippen LogP) is 0.488. The lowest BCUT2D eigenvalue weighted by Crippen LogP contribution is -2.14. The molecule has 0 aliphatic heterocycles. The SMILES string of the molecule is CCc1nsc(NCCOCCN)n1. The van der Waals surface area contributed by atoms with Crippen molar-refractivity contribution >= 4 is 16.7 Å². The second-order valence-electron chi connectivity index (χ2n) is 2.70. The molecule has 0 saturated carbocycles. The number of aromatic nitrogens is 2. The molecule has 80 valence electrons. The number of aryl methyl sites for hydroxylation is 1. The Morgan fingerprint density at radius 1 is 1.50 bits per heavy atom. The standard InChI is InChI=1S/C8H16N4OS/c1-2-7-11-8(14-12-7)10-4-6-13-5-3-9/h2-6,9H2,1H3,(H,10,11,12). The molecule has 0 radical (unpaired) electrons. The van der Waals surface area contributed by atoms with Crippen LogP contribution in [0.2, 0.25) is 0 Å². The Morgan fingerprint density at radius 3 is 3.00 bits per heavy atom. The zero-order chi connectivity index (χ0) is 10.2. The van der Waals surface area contributed by atoms with E-state index in [0.717, 1.165) is 23.9 Å². The number of nitrogens with two attached hydrogens (primary N) is 1. The van der Waals surface area contributed by atoms with Gasteiger partial charge < -0.3 is 15.8 Å². The molecule has 1 aromatic rings. The molecule has 0 unspecified atom stereocenters. The zero-order valence-corrected chi connectivity index (χ0v) is 9.14. The molecule has 0 bridgehead atoms. The summed E-state index contributed by atoms with van der Waals surface area (Å²) in [5.74, 6) is 0.889. The van der Waals surface area contributed by atoms with Crippen molar-refractivity contribution in [1.82, 2.24) is 9.36 Å². The van der Waals surface area contributed by atoms with Crippen LogP contribution in [0.25, 0.3) is 0 Å². The van der Waals surface area contributed by atoms with Gasteiger partial charge in [0.15, 0.2) is 0 Å². The Hall–Kier alpha value is -0.720. The molecule has 5 nitrogen and oxygen atoms in total. The van der Waals surface area contributed by atoms with Crippen molar-refractivity contribution in [3.8, 4) is 0 Å². The fraction of sp³-hybridized carbons (Fsp3) is 0.750. The zero-order valence-electron chi connectivity index (χ0n) is 8.32. The minimum Gasteiger partial charge on any atom is -0.378 e. The summed E-state index contributed by atoms with van der Waals surface area (Å²) in [5.41, 5.74) is 5.28. The van der Waals surface area contributed by atoms with E-state index in [1.807, 2.05) is 6.92 Å². The number of nitrogens with zero attached hydrogens (tertiary/aromatic N) is 2. The molecule has 0 atom stereocenters. The number of hydrogen-bond acceptors (Lipinski definition) is 6. The first-order chi connectivity index (χ1) is 6.86. The van der Waals surface area contributed by atoms with Gasteiger partial charge in [-0.25, -0.2) is 4.98 Å². The van der Waals surface area contributed by atoms with Gasteiger partial charge in [0.1, 0.15) is 5.82 Å². The van der Waals surface area contributed by atoms with Crippen molar-refractivity contribution in [2.24, 2.45) is 5.73 Å². The minimum atomic E-state index is 0.568. The number of hydrogen-bond donors (Lipinski definition) is 2. The van der Waals surface area contributed by atoms with Crippen molar-refractivity contribution in [1.29, 1.82) is 0 Å². The lowest BCUT2D eigenvalue weighted by Gasteiger charge is -2.02. The highest BCUT2D eigenvalue weighted by Gasteiger charge is 1.99. The summed E-state index contributed by atoms with van der Waals surface area (Å²) in [5, 5.41) is 4.00. The topological polar surface area (TPSA) is 73.1 Å². The molecule has 0 aromatic carbocycles. The summed E-state index contributed by atoms with van der Waals surface area (Å²) < 4.78 is 9.36. The maximum absolute atomic E-state index is 5.28. The molecule has 0 saturated heterocycles. The lowest BCUT2D eigenvalue weighted by atomic mass is 10.5. The van der Waals surface area contributed by atoms with Gasteiger partial charge in [0, 0.05) is 31.0 Å². The first-order valence-corrected chi connectivity index (χ1v) is 5.48. The molecular weight excluding hydrogens is 200 g/mol. The molecule has 3 N–H and O–H groups in total. The van der Waals surface area contributed by atoms with Crippen molar-refractivity contribution in [3.63, 3.8) is 0 Å². The molecule has 1 aromatic heterocycles. The summed E-state index contributed by atoms with van der Waals surface area (Å²) in [6.45, 7) is 4.61. The molecule has 0 aliphatic rings. The third-order valence-electron chi connectivity index (χ3n) is 1.57. The van der Waals surface area contributed by atoms with E-state index in [4.69, 9.17) is 10.5 Å². The molecular formula is C8H16N4OS. The summed E-state index contributed by atoms with van der Waals surface area (Å²) in [4.78, 5) is 4.26. The van der Waals surface area contributed by atoms with Crippen molar-refractivity contribution in [2.75, 3.05) is 31.6 Å². The van der Waals surface area contributed by atoms with Gasteiger partial charge in [-0.3, -0.25) is 0 Å². The second kappa shape index (κ2) is 6.69. The van der Waals surface area contributed by atoms with E-state index in [1.165, 1.54) is 11.5 Å². The lowest BCUT2D eigenvalue weighted by molar-refractivity contribution is 0.151. The monoisotopic (exact) mass is 216 g/mol. The summed E-state index contributed by atoms with van der Waals surface area (Å²) in [7, 11) is 0. The number of ether oxygens (including phenoxy) is 1. The molecule has 0 fully saturated rings. The highest BCUT2D eigenvalue weighted by Crippen LogP contribution is 2.10. The fourth-order valence-corrected chi connectivity index (χ4v) is 1.56. The Bertz CT molecular complexity index is 253. The smallest absolute Gasteiger partial charge is 0.202 e. The van der Waals surface area contributed by atoms with E-state index in [2.05, 4.69) is 14.7 Å². The molecule has 0 spiro atoms. The Kier molecular flexibility index (Phi) is 5.43. The van der Waals surface area contributed by atoms with Gasteiger partial charge >= 0.3 is 0 Å². The van der Waals surface area contributed by atoms with Crippen LogP contribution in [-0.2, 0) is 11.2 Å². The average Bonchev–Trinajstić information content (AvgIpc) is 2.65. The van der Waals surface area contributed by atoms with Gasteiger partial charge in [-0.15, -0.1) is 0 Å². The van der Waals surface area contributed by atoms with Gasteiger partial charge in [-0.2, -0.15) is 4.37 Å². The molecule has 14 heavy (non-hydrogen) atoms. The molecule has 6 heteroatoms. The Morgan fingerprint density at radius 2 is 2.36 bits per heavy atom. The first kappa shape index (κ1) is 11.4. The average molecular weight is 216 g/mol. The molecule has 0 aliphatic carbocycles. The van der Waals surface area contributed by atoms with Crippen molar-refractivity contribution < 1.29 is 4.74 Å². The van der Waals surface area contributed by atoms with E-state index < -0.39 is 0 Å². The van der Waals surface area contributed by atoms with Gasteiger partial charge in [0.05, 0.1) is 13.2 Å². The van der Waals surface area contributed by atoms with Crippen LogP contribution in [0.1, 0.15) is 12.7 Å². The third kappa shape index (κ3) is 3.99. The minimum absolute atomic E-state index is 0.568. The van der Waals surface area contributed by atoms with Crippen LogP contribution in [0.15, 0.2) is 0 Å². The molecule has 0 amide bonds. The van der Waals surface area contributed by atoms with Gasteiger partial charge in [0.25, 0.3) is 0 Å². The Balaban J connectivity index is 2.12. The fourth-order valence-electron chi connectivity index (χ4n) is 0.885. The van der Waals surface area contributed by atoms with E-state index in [1.54, 1.807) is 0 Å². The van der Waals surface area contributed by atoms with Crippen molar-refractivity contribution in [2.45, 2.75) is 13.3 Å². The van der Waals surface area contributed by atoms with Crippen LogP contribution in [0.4, 0.5) is 5.13 Å². The quantitative estimate of drug-likeness (QED) is 0.649. The van der Waals surface area contributed by atoms with Crippen LogP contribution >= 0.6 is 11.5 Å². The maximum Gasteiger partial charge on any atom is 0.202 e. The van der Waals surface area contributed by atoms with Crippen LogP contribution in [0, 0.1) is 0 Å². The highest BCUT2D eigenvalue weighted by molar-refractivity contribution is 7.09.